The van der Waals surface area contributed by atoms with Gasteiger partial charge in [-0.2, -0.15) is 0 Å². The third-order valence-corrected chi connectivity index (χ3v) is 4.35. The van der Waals surface area contributed by atoms with Crippen LogP contribution in [-0.2, 0) is 0 Å². The van der Waals surface area contributed by atoms with Crippen LogP contribution in [0.15, 0.2) is 17.0 Å². The second-order valence-electron chi connectivity index (χ2n) is 3.54. The summed E-state index contributed by atoms with van der Waals surface area (Å²) in [5.41, 5.74) is 0.705. The van der Waals surface area contributed by atoms with E-state index in [9.17, 15) is 10.1 Å². The fraction of sp³-hybridized carbons (Fsp3) is 0.300. The minimum Gasteiger partial charge on any atom is -0.363 e. The van der Waals surface area contributed by atoms with Crippen LogP contribution in [0.25, 0.3) is 0 Å². The van der Waals surface area contributed by atoms with Crippen LogP contribution < -0.4 is 0 Å². The van der Waals surface area contributed by atoms with E-state index in [0.29, 0.717) is 19.8 Å². The number of rotatable bonds is 2. The van der Waals surface area contributed by atoms with Gasteiger partial charge in [0.1, 0.15) is 4.32 Å². The van der Waals surface area contributed by atoms with Gasteiger partial charge in [0, 0.05) is 25.2 Å². The van der Waals surface area contributed by atoms with Crippen LogP contribution in [0.4, 0.5) is 5.69 Å². The lowest BCUT2D eigenvalue weighted by Gasteiger charge is -2.14. The topological polar surface area (TPSA) is 46.4 Å². The molecule has 0 aliphatic rings. The molecule has 0 aliphatic heterocycles. The van der Waals surface area contributed by atoms with Gasteiger partial charge in [-0.15, -0.1) is 0 Å². The highest BCUT2D eigenvalue weighted by Gasteiger charge is 2.20. The first-order valence-electron chi connectivity index (χ1n) is 4.67. The molecule has 0 aliphatic carbocycles. The van der Waals surface area contributed by atoms with Crippen molar-refractivity contribution >= 4 is 45.6 Å². The number of thioether (sulfide) groups is 1. The van der Waals surface area contributed by atoms with Crippen molar-refractivity contribution in [2.45, 2.75) is 11.8 Å². The Hall–Kier alpha value is -0.850. The normalized spacial score (nSPS) is 10.1. The van der Waals surface area contributed by atoms with Crippen LogP contribution in [0.2, 0.25) is 5.02 Å². The average Bonchev–Trinajstić information content (AvgIpc) is 2.24. The summed E-state index contributed by atoms with van der Waals surface area (Å²) in [5.74, 6) is 0. The fourth-order valence-corrected chi connectivity index (χ4v) is 2.44. The molecule has 0 aromatic heterocycles. The Bertz CT molecular complexity index is 478. The van der Waals surface area contributed by atoms with Crippen molar-refractivity contribution in [3.05, 3.63) is 32.8 Å². The van der Waals surface area contributed by atoms with Crippen LogP contribution in [0.5, 0.6) is 0 Å². The molecule has 0 saturated heterocycles. The third-order valence-electron chi connectivity index (χ3n) is 2.07. The van der Waals surface area contributed by atoms with Gasteiger partial charge in [0.15, 0.2) is 0 Å². The molecule has 0 N–H and O–H groups in total. The molecular formula is C10H11ClN2O2S2. The minimum atomic E-state index is -0.427. The number of thiocarbonyl (C=S) groups is 1. The quantitative estimate of drug-likeness (QED) is 0.361. The molecule has 1 rings (SSSR count). The van der Waals surface area contributed by atoms with Gasteiger partial charge in [-0.3, -0.25) is 10.1 Å². The summed E-state index contributed by atoms with van der Waals surface area (Å²) < 4.78 is 0.554. The zero-order valence-corrected chi connectivity index (χ0v) is 11.9. The van der Waals surface area contributed by atoms with Crippen molar-refractivity contribution in [3.63, 3.8) is 0 Å². The molecule has 0 saturated carbocycles. The number of halogens is 1. The van der Waals surface area contributed by atoms with E-state index in [1.54, 1.807) is 25.9 Å². The maximum absolute atomic E-state index is 10.9. The summed E-state index contributed by atoms with van der Waals surface area (Å²) in [5, 5.41) is 11.4. The van der Waals surface area contributed by atoms with Crippen LogP contribution in [-0.4, -0.2) is 28.2 Å². The number of nitro benzene ring substituents is 1. The van der Waals surface area contributed by atoms with Gasteiger partial charge in [0.05, 0.1) is 9.82 Å². The lowest BCUT2D eigenvalue weighted by molar-refractivity contribution is -0.387. The molecule has 1 aromatic carbocycles. The van der Waals surface area contributed by atoms with Crippen molar-refractivity contribution in [3.8, 4) is 0 Å². The molecule has 0 unspecified atom stereocenters. The Balaban J connectivity index is 3.24. The predicted molar refractivity (Wildman–Crippen MR) is 75.0 cm³/mol. The molecule has 7 heteroatoms. The molecule has 0 fully saturated rings. The Labute approximate surface area is 114 Å². The second kappa shape index (κ2) is 5.66. The minimum absolute atomic E-state index is 0.0288. The van der Waals surface area contributed by atoms with E-state index in [0.717, 1.165) is 0 Å². The van der Waals surface area contributed by atoms with E-state index in [2.05, 4.69) is 0 Å². The van der Waals surface area contributed by atoms with Crippen LogP contribution in [0.3, 0.4) is 0 Å². The van der Waals surface area contributed by atoms with Crippen molar-refractivity contribution in [1.82, 2.24) is 4.90 Å². The highest BCUT2D eigenvalue weighted by molar-refractivity contribution is 8.23. The van der Waals surface area contributed by atoms with Crippen molar-refractivity contribution in [1.29, 1.82) is 0 Å². The maximum atomic E-state index is 10.9. The SMILES string of the molecule is Cc1c(Cl)ccc([N+](=O)[O-])c1SC(=S)N(C)C. The van der Waals surface area contributed by atoms with Gasteiger partial charge in [0.25, 0.3) is 5.69 Å². The molecule has 0 amide bonds. The molecule has 0 radical (unpaired) electrons. The largest absolute Gasteiger partial charge is 0.363 e. The number of hydrogen-bond donors (Lipinski definition) is 0. The van der Waals surface area contributed by atoms with Gasteiger partial charge in [0.2, 0.25) is 0 Å². The lowest BCUT2D eigenvalue weighted by atomic mass is 10.2. The standard InChI is InChI=1S/C10H11ClN2O2S2/c1-6-7(11)4-5-8(13(14)15)9(6)17-10(16)12(2)3/h4-5H,1-3H3. The molecule has 0 bridgehead atoms. The second-order valence-corrected chi connectivity index (χ2v) is 5.59. The van der Waals surface area contributed by atoms with Crippen LogP contribution in [0, 0.1) is 17.0 Å². The first kappa shape index (κ1) is 14.2. The number of hydrogen-bond acceptors (Lipinski definition) is 4. The van der Waals surface area contributed by atoms with Gasteiger partial charge >= 0.3 is 0 Å². The summed E-state index contributed by atoms with van der Waals surface area (Å²) in [6, 6.07) is 2.92. The Morgan fingerprint density at radius 2 is 2.12 bits per heavy atom. The Kier molecular flexibility index (Phi) is 4.73. The molecule has 17 heavy (non-hydrogen) atoms. The Morgan fingerprint density at radius 1 is 1.53 bits per heavy atom. The smallest absolute Gasteiger partial charge is 0.283 e. The number of nitrogens with zero attached hydrogens (tertiary/aromatic N) is 2. The monoisotopic (exact) mass is 290 g/mol. The first-order chi connectivity index (χ1) is 7.84. The van der Waals surface area contributed by atoms with E-state index in [4.69, 9.17) is 23.8 Å². The molecule has 0 heterocycles. The van der Waals surface area contributed by atoms with Gasteiger partial charge in [-0.1, -0.05) is 35.6 Å². The van der Waals surface area contributed by atoms with Crippen molar-refractivity contribution < 1.29 is 4.92 Å². The summed E-state index contributed by atoms with van der Waals surface area (Å²) in [4.78, 5) is 12.7. The van der Waals surface area contributed by atoms with Crippen molar-refractivity contribution in [2.75, 3.05) is 14.1 Å². The molecular weight excluding hydrogens is 280 g/mol. The zero-order chi connectivity index (χ0) is 13.2. The molecule has 92 valence electrons. The summed E-state index contributed by atoms with van der Waals surface area (Å²) in [6.07, 6.45) is 0. The molecule has 4 nitrogen and oxygen atoms in total. The van der Waals surface area contributed by atoms with Crippen LogP contribution >= 0.6 is 35.6 Å². The number of benzene rings is 1. The van der Waals surface area contributed by atoms with E-state index in [-0.39, 0.29) is 5.69 Å². The first-order valence-corrected chi connectivity index (χ1v) is 6.27. The maximum Gasteiger partial charge on any atom is 0.283 e. The van der Waals surface area contributed by atoms with E-state index < -0.39 is 4.92 Å². The van der Waals surface area contributed by atoms with Crippen molar-refractivity contribution in [2.24, 2.45) is 0 Å². The molecule has 0 spiro atoms. The summed E-state index contributed by atoms with van der Waals surface area (Å²) in [6.45, 7) is 1.75. The summed E-state index contributed by atoms with van der Waals surface area (Å²) in [7, 11) is 3.59. The lowest BCUT2D eigenvalue weighted by Crippen LogP contribution is -2.16. The fourth-order valence-electron chi connectivity index (χ4n) is 1.10. The molecule has 0 atom stereocenters. The molecule has 1 aromatic rings. The number of nitro groups is 1. The van der Waals surface area contributed by atoms with Gasteiger partial charge in [-0.05, 0) is 18.6 Å². The zero-order valence-electron chi connectivity index (χ0n) is 9.56. The highest BCUT2D eigenvalue weighted by atomic mass is 35.5. The van der Waals surface area contributed by atoms with E-state index in [1.165, 1.54) is 23.9 Å². The Morgan fingerprint density at radius 3 is 2.59 bits per heavy atom. The highest BCUT2D eigenvalue weighted by Crippen LogP contribution is 2.36. The third kappa shape index (κ3) is 3.31. The van der Waals surface area contributed by atoms with Crippen LogP contribution in [0.1, 0.15) is 5.56 Å². The predicted octanol–water partition coefficient (Wildman–Crippen LogP) is 3.50. The van der Waals surface area contributed by atoms with Gasteiger partial charge < -0.3 is 4.90 Å². The summed E-state index contributed by atoms with van der Waals surface area (Å²) >= 11 is 12.3. The average molecular weight is 291 g/mol. The van der Waals surface area contributed by atoms with E-state index >= 15 is 0 Å². The van der Waals surface area contributed by atoms with E-state index in [1.807, 2.05) is 0 Å². The van der Waals surface area contributed by atoms with Gasteiger partial charge in [-0.25, -0.2) is 0 Å².